The zero-order valence-electron chi connectivity index (χ0n) is 9.69. The van der Waals surface area contributed by atoms with E-state index >= 15 is 0 Å². The number of methoxy groups -OCH3 is 1. The first-order valence-electron chi connectivity index (χ1n) is 5.46. The first kappa shape index (κ1) is 11.9. The Balaban J connectivity index is 2.36. The third-order valence-corrected chi connectivity index (χ3v) is 2.79. The number of anilines is 1. The largest absolute Gasteiger partial charge is 0.496 e. The van der Waals surface area contributed by atoms with E-state index in [9.17, 15) is 9.50 Å². The van der Waals surface area contributed by atoms with Crippen molar-refractivity contribution >= 4 is 11.9 Å². The van der Waals surface area contributed by atoms with E-state index in [1.165, 1.54) is 13.2 Å². The Kier molecular flexibility index (Phi) is 3.58. The van der Waals surface area contributed by atoms with Crippen LogP contribution < -0.4 is 9.64 Å². The molecule has 0 aliphatic carbocycles. The molecule has 4 nitrogen and oxygen atoms in total. The maximum atomic E-state index is 13.9. The van der Waals surface area contributed by atoms with Gasteiger partial charge in [0.2, 0.25) is 0 Å². The molecule has 0 bridgehead atoms. The monoisotopic (exact) mass is 238 g/mol. The number of halogens is 1. The number of hydrogen-bond donors (Lipinski definition) is 1. The highest BCUT2D eigenvalue weighted by atomic mass is 19.1. The molecule has 1 N–H and O–H groups in total. The van der Waals surface area contributed by atoms with Crippen molar-refractivity contribution in [3.63, 3.8) is 0 Å². The predicted octanol–water partition coefficient (Wildman–Crippen LogP) is 1.22. The van der Waals surface area contributed by atoms with Crippen LogP contribution in [0.25, 0.3) is 0 Å². The standard InChI is InChI=1S/C12H15FN2O2/c1-17-12-7-10(13)11(6-9(12)8-16)15-4-2-14-3-5-15/h2,6-7,16H,3-5,8H2,1H3. The third-order valence-electron chi connectivity index (χ3n) is 2.79. The first-order chi connectivity index (χ1) is 8.26. The van der Waals surface area contributed by atoms with Crippen LogP contribution in [0.3, 0.4) is 0 Å². The lowest BCUT2D eigenvalue weighted by atomic mass is 10.1. The molecule has 1 aliphatic heterocycles. The Morgan fingerprint density at radius 3 is 2.94 bits per heavy atom. The zero-order chi connectivity index (χ0) is 12.3. The highest BCUT2D eigenvalue weighted by Crippen LogP contribution is 2.28. The first-order valence-corrected chi connectivity index (χ1v) is 5.46. The van der Waals surface area contributed by atoms with Gasteiger partial charge in [0.1, 0.15) is 11.6 Å². The number of aliphatic imine (C=N–C) groups is 1. The van der Waals surface area contributed by atoms with Crippen LogP contribution in [0.15, 0.2) is 17.1 Å². The van der Waals surface area contributed by atoms with E-state index < -0.39 is 0 Å². The van der Waals surface area contributed by atoms with Crippen molar-refractivity contribution < 1.29 is 14.2 Å². The minimum Gasteiger partial charge on any atom is -0.496 e. The van der Waals surface area contributed by atoms with Crippen molar-refractivity contribution in [3.8, 4) is 5.75 Å². The lowest BCUT2D eigenvalue weighted by Crippen LogP contribution is -2.32. The van der Waals surface area contributed by atoms with Crippen molar-refractivity contribution in [2.24, 2.45) is 4.99 Å². The molecule has 0 atom stereocenters. The number of aliphatic hydroxyl groups excluding tert-OH is 1. The fraction of sp³-hybridized carbons (Fsp3) is 0.417. The Bertz CT molecular complexity index is 435. The molecular weight excluding hydrogens is 223 g/mol. The molecule has 0 unspecified atom stereocenters. The summed E-state index contributed by atoms with van der Waals surface area (Å²) in [4.78, 5) is 5.99. The summed E-state index contributed by atoms with van der Waals surface area (Å²) >= 11 is 0. The number of ether oxygens (including phenoxy) is 1. The third kappa shape index (κ3) is 2.39. The molecular formula is C12H15FN2O2. The molecule has 17 heavy (non-hydrogen) atoms. The summed E-state index contributed by atoms with van der Waals surface area (Å²) in [6, 6.07) is 2.94. The lowest BCUT2D eigenvalue weighted by molar-refractivity contribution is 0.273. The molecule has 1 aromatic carbocycles. The predicted molar refractivity (Wildman–Crippen MR) is 64.4 cm³/mol. The molecule has 0 radical (unpaired) electrons. The fourth-order valence-electron chi connectivity index (χ4n) is 1.88. The summed E-state index contributed by atoms with van der Waals surface area (Å²) in [5.41, 5.74) is 1.08. The Morgan fingerprint density at radius 1 is 1.53 bits per heavy atom. The second-order valence-corrected chi connectivity index (χ2v) is 3.81. The molecule has 1 aliphatic rings. The Labute approximate surface area is 99.3 Å². The van der Waals surface area contributed by atoms with E-state index in [0.717, 1.165) is 0 Å². The second kappa shape index (κ2) is 5.14. The smallest absolute Gasteiger partial charge is 0.150 e. The topological polar surface area (TPSA) is 45.1 Å². The van der Waals surface area contributed by atoms with Gasteiger partial charge in [0.25, 0.3) is 0 Å². The summed E-state index contributed by atoms with van der Waals surface area (Å²) < 4.78 is 18.9. The van der Waals surface area contributed by atoms with E-state index in [0.29, 0.717) is 36.6 Å². The number of hydrogen-bond acceptors (Lipinski definition) is 4. The number of benzene rings is 1. The van der Waals surface area contributed by atoms with Gasteiger partial charge in [-0.05, 0) is 6.07 Å². The molecule has 5 heteroatoms. The average molecular weight is 238 g/mol. The molecule has 1 aromatic rings. The molecule has 0 saturated carbocycles. The van der Waals surface area contributed by atoms with Gasteiger partial charge in [-0.15, -0.1) is 0 Å². The minimum absolute atomic E-state index is 0.168. The summed E-state index contributed by atoms with van der Waals surface area (Å²) in [5, 5.41) is 9.22. The molecule has 0 spiro atoms. The van der Waals surface area contributed by atoms with Crippen LogP contribution >= 0.6 is 0 Å². The normalized spacial score (nSPS) is 15.1. The fourth-order valence-corrected chi connectivity index (χ4v) is 1.88. The van der Waals surface area contributed by atoms with E-state index in [1.807, 2.05) is 4.90 Å². The number of aliphatic hydroxyl groups is 1. The number of rotatable bonds is 3. The van der Waals surface area contributed by atoms with Crippen LogP contribution in [0.1, 0.15) is 5.56 Å². The molecule has 92 valence electrons. The van der Waals surface area contributed by atoms with Gasteiger partial charge in [-0.1, -0.05) is 0 Å². The maximum absolute atomic E-state index is 13.9. The molecule has 0 saturated heterocycles. The minimum atomic E-state index is -0.339. The highest BCUT2D eigenvalue weighted by Gasteiger charge is 2.16. The molecule has 1 heterocycles. The van der Waals surface area contributed by atoms with Crippen molar-refractivity contribution in [2.75, 3.05) is 31.6 Å². The van der Waals surface area contributed by atoms with Crippen LogP contribution in [-0.4, -0.2) is 38.1 Å². The Morgan fingerprint density at radius 2 is 2.35 bits per heavy atom. The van der Waals surface area contributed by atoms with Crippen molar-refractivity contribution in [1.29, 1.82) is 0 Å². The van der Waals surface area contributed by atoms with Gasteiger partial charge in [0, 0.05) is 24.4 Å². The van der Waals surface area contributed by atoms with Gasteiger partial charge in [-0.2, -0.15) is 0 Å². The maximum Gasteiger partial charge on any atom is 0.150 e. The van der Waals surface area contributed by atoms with Gasteiger partial charge in [0.05, 0.1) is 32.5 Å². The SMILES string of the molecule is COc1cc(F)c(N2CC=NCC2)cc1CO. The van der Waals surface area contributed by atoms with E-state index in [1.54, 1.807) is 12.3 Å². The van der Waals surface area contributed by atoms with E-state index in [4.69, 9.17) is 4.74 Å². The van der Waals surface area contributed by atoms with Crippen molar-refractivity contribution in [1.82, 2.24) is 0 Å². The molecule has 0 amide bonds. The molecule has 0 aromatic heterocycles. The lowest BCUT2D eigenvalue weighted by Gasteiger charge is -2.26. The summed E-state index contributed by atoms with van der Waals surface area (Å²) in [6.45, 7) is 1.77. The van der Waals surface area contributed by atoms with Gasteiger partial charge in [-0.3, -0.25) is 4.99 Å². The molecule has 2 rings (SSSR count). The van der Waals surface area contributed by atoms with Crippen molar-refractivity contribution in [3.05, 3.63) is 23.5 Å². The van der Waals surface area contributed by atoms with Crippen LogP contribution in [0.4, 0.5) is 10.1 Å². The van der Waals surface area contributed by atoms with Crippen LogP contribution in [0, 0.1) is 5.82 Å². The average Bonchev–Trinajstić information content (AvgIpc) is 2.39. The van der Waals surface area contributed by atoms with Crippen LogP contribution in [-0.2, 0) is 6.61 Å². The van der Waals surface area contributed by atoms with Gasteiger partial charge >= 0.3 is 0 Å². The van der Waals surface area contributed by atoms with Gasteiger partial charge < -0.3 is 14.7 Å². The second-order valence-electron chi connectivity index (χ2n) is 3.81. The zero-order valence-corrected chi connectivity index (χ0v) is 9.69. The summed E-state index contributed by atoms with van der Waals surface area (Å²) in [7, 11) is 1.46. The quantitative estimate of drug-likeness (QED) is 0.861. The van der Waals surface area contributed by atoms with Crippen LogP contribution in [0.5, 0.6) is 5.75 Å². The number of nitrogens with zero attached hydrogens (tertiary/aromatic N) is 2. The highest BCUT2D eigenvalue weighted by molar-refractivity contribution is 5.68. The van der Waals surface area contributed by atoms with Crippen LogP contribution in [0.2, 0.25) is 0 Å². The summed E-state index contributed by atoms with van der Waals surface area (Å²) in [6.07, 6.45) is 1.77. The molecule has 0 fully saturated rings. The van der Waals surface area contributed by atoms with Gasteiger partial charge in [-0.25, -0.2) is 4.39 Å². The van der Waals surface area contributed by atoms with Crippen molar-refractivity contribution in [2.45, 2.75) is 6.61 Å². The van der Waals surface area contributed by atoms with E-state index in [2.05, 4.69) is 4.99 Å². The Hall–Kier alpha value is -1.62. The van der Waals surface area contributed by atoms with E-state index in [-0.39, 0.29) is 12.4 Å². The van der Waals surface area contributed by atoms with Gasteiger partial charge in [0.15, 0.2) is 0 Å². The summed E-state index contributed by atoms with van der Waals surface area (Å²) in [5.74, 6) is 0.0359.